The Bertz CT molecular complexity index is 416. The average molecular weight is 237 g/mol. The molecule has 0 unspecified atom stereocenters. The molecule has 0 radical (unpaired) electrons. The van der Waals surface area contributed by atoms with Crippen molar-refractivity contribution in [2.24, 2.45) is 0 Å². The van der Waals surface area contributed by atoms with Crippen LogP contribution in [-0.2, 0) is 6.54 Å². The van der Waals surface area contributed by atoms with Gasteiger partial charge in [-0.1, -0.05) is 0 Å². The zero-order valence-corrected chi connectivity index (χ0v) is 9.43. The van der Waals surface area contributed by atoms with Gasteiger partial charge in [-0.3, -0.25) is 15.0 Å². The van der Waals surface area contributed by atoms with Crippen LogP contribution in [0.2, 0.25) is 0 Å². The second-order valence-corrected chi connectivity index (χ2v) is 4.10. The van der Waals surface area contributed by atoms with E-state index in [1.807, 2.05) is 0 Å². The SMILES string of the molecule is O=[N+]([O-])c1ccc(O)c(CN2CCNCC2)c1. The van der Waals surface area contributed by atoms with Crippen LogP contribution in [0.3, 0.4) is 0 Å². The molecule has 0 aromatic heterocycles. The first kappa shape index (κ1) is 11.8. The van der Waals surface area contributed by atoms with Gasteiger partial charge >= 0.3 is 0 Å². The number of nitro benzene ring substituents is 1. The molecule has 6 heteroatoms. The Morgan fingerprint density at radius 3 is 2.76 bits per heavy atom. The summed E-state index contributed by atoms with van der Waals surface area (Å²) in [7, 11) is 0. The number of rotatable bonds is 3. The fourth-order valence-electron chi connectivity index (χ4n) is 1.92. The van der Waals surface area contributed by atoms with Gasteiger partial charge in [0.1, 0.15) is 5.75 Å². The van der Waals surface area contributed by atoms with Crippen molar-refractivity contribution in [1.82, 2.24) is 10.2 Å². The summed E-state index contributed by atoms with van der Waals surface area (Å²) in [6.07, 6.45) is 0. The first-order valence-corrected chi connectivity index (χ1v) is 5.56. The maximum absolute atomic E-state index is 10.7. The molecule has 0 bridgehead atoms. The van der Waals surface area contributed by atoms with Crippen LogP contribution in [0.15, 0.2) is 18.2 Å². The Kier molecular flexibility index (Phi) is 3.55. The molecule has 1 aliphatic rings. The molecule has 1 heterocycles. The number of phenols is 1. The number of non-ortho nitro benzene ring substituents is 1. The third-order valence-electron chi connectivity index (χ3n) is 2.88. The highest BCUT2D eigenvalue weighted by molar-refractivity contribution is 5.42. The largest absolute Gasteiger partial charge is 0.508 e. The predicted octanol–water partition coefficient (Wildman–Crippen LogP) is 0.706. The van der Waals surface area contributed by atoms with Crippen LogP contribution in [0, 0.1) is 10.1 Å². The Morgan fingerprint density at radius 2 is 2.12 bits per heavy atom. The second kappa shape index (κ2) is 5.11. The van der Waals surface area contributed by atoms with Crippen molar-refractivity contribution in [2.75, 3.05) is 26.2 Å². The van der Waals surface area contributed by atoms with E-state index < -0.39 is 4.92 Å². The van der Waals surface area contributed by atoms with Gasteiger partial charge in [-0.2, -0.15) is 0 Å². The van der Waals surface area contributed by atoms with Crippen LogP contribution >= 0.6 is 0 Å². The summed E-state index contributed by atoms with van der Waals surface area (Å²) in [6, 6.07) is 4.14. The number of aromatic hydroxyl groups is 1. The molecule has 0 saturated carbocycles. The van der Waals surface area contributed by atoms with Crippen LogP contribution in [0.1, 0.15) is 5.56 Å². The van der Waals surface area contributed by atoms with Gasteiger partial charge in [-0.05, 0) is 6.07 Å². The summed E-state index contributed by atoms with van der Waals surface area (Å²) < 4.78 is 0. The van der Waals surface area contributed by atoms with Gasteiger partial charge in [-0.15, -0.1) is 0 Å². The summed E-state index contributed by atoms with van der Waals surface area (Å²) in [5.74, 6) is 0.120. The molecule has 1 aromatic rings. The molecule has 17 heavy (non-hydrogen) atoms. The lowest BCUT2D eigenvalue weighted by Crippen LogP contribution is -2.42. The second-order valence-electron chi connectivity index (χ2n) is 4.10. The Morgan fingerprint density at radius 1 is 1.41 bits per heavy atom. The molecule has 92 valence electrons. The molecule has 0 aliphatic carbocycles. The van der Waals surface area contributed by atoms with E-state index in [0.717, 1.165) is 26.2 Å². The normalized spacial score (nSPS) is 16.9. The summed E-state index contributed by atoms with van der Waals surface area (Å²) in [5.41, 5.74) is 0.633. The summed E-state index contributed by atoms with van der Waals surface area (Å²) in [6.45, 7) is 4.16. The highest BCUT2D eigenvalue weighted by atomic mass is 16.6. The summed E-state index contributed by atoms with van der Waals surface area (Å²) >= 11 is 0. The highest BCUT2D eigenvalue weighted by Gasteiger charge is 2.15. The first-order chi connectivity index (χ1) is 8.16. The van der Waals surface area contributed by atoms with E-state index in [-0.39, 0.29) is 11.4 Å². The Hall–Kier alpha value is -1.66. The number of hydrogen-bond donors (Lipinski definition) is 2. The van der Waals surface area contributed by atoms with E-state index >= 15 is 0 Å². The van der Waals surface area contributed by atoms with E-state index in [1.165, 1.54) is 18.2 Å². The lowest BCUT2D eigenvalue weighted by Gasteiger charge is -2.27. The van der Waals surface area contributed by atoms with E-state index in [4.69, 9.17) is 0 Å². The molecule has 1 aliphatic heterocycles. The minimum atomic E-state index is -0.444. The van der Waals surface area contributed by atoms with Gasteiger partial charge in [0.15, 0.2) is 0 Å². The first-order valence-electron chi connectivity index (χ1n) is 5.56. The Labute approximate surface area is 99.0 Å². The maximum Gasteiger partial charge on any atom is 0.270 e. The summed E-state index contributed by atoms with van der Waals surface area (Å²) in [5, 5.41) is 23.6. The van der Waals surface area contributed by atoms with Gasteiger partial charge in [0, 0.05) is 50.4 Å². The quantitative estimate of drug-likeness (QED) is 0.597. The highest BCUT2D eigenvalue weighted by Crippen LogP contribution is 2.24. The number of nitrogens with zero attached hydrogens (tertiary/aromatic N) is 2. The molecular formula is C11H15N3O3. The third-order valence-corrected chi connectivity index (χ3v) is 2.88. The zero-order chi connectivity index (χ0) is 12.3. The number of benzene rings is 1. The molecule has 1 aromatic carbocycles. The third kappa shape index (κ3) is 2.92. The monoisotopic (exact) mass is 237 g/mol. The number of phenolic OH excluding ortho intramolecular Hbond substituents is 1. The predicted molar refractivity (Wildman–Crippen MR) is 62.9 cm³/mol. The van der Waals surface area contributed by atoms with Crippen LogP contribution in [-0.4, -0.2) is 41.1 Å². The average Bonchev–Trinajstić information content (AvgIpc) is 2.33. The maximum atomic E-state index is 10.7. The van der Waals surface area contributed by atoms with E-state index in [1.54, 1.807) is 0 Å². The lowest BCUT2D eigenvalue weighted by atomic mass is 10.1. The van der Waals surface area contributed by atoms with Gasteiger partial charge in [-0.25, -0.2) is 0 Å². The molecule has 2 N–H and O–H groups in total. The number of hydrogen-bond acceptors (Lipinski definition) is 5. The molecule has 1 fully saturated rings. The van der Waals surface area contributed by atoms with Gasteiger partial charge in [0.25, 0.3) is 5.69 Å². The molecule has 6 nitrogen and oxygen atoms in total. The van der Waals surface area contributed by atoms with Crippen molar-refractivity contribution in [1.29, 1.82) is 0 Å². The van der Waals surface area contributed by atoms with E-state index in [0.29, 0.717) is 12.1 Å². The molecule has 2 rings (SSSR count). The van der Waals surface area contributed by atoms with E-state index in [2.05, 4.69) is 10.2 Å². The van der Waals surface area contributed by atoms with Crippen molar-refractivity contribution in [3.63, 3.8) is 0 Å². The van der Waals surface area contributed by atoms with Crippen molar-refractivity contribution in [2.45, 2.75) is 6.54 Å². The number of piperazine rings is 1. The molecular weight excluding hydrogens is 222 g/mol. The smallest absolute Gasteiger partial charge is 0.270 e. The van der Waals surface area contributed by atoms with E-state index in [9.17, 15) is 15.2 Å². The minimum absolute atomic E-state index is 0.0212. The van der Waals surface area contributed by atoms with Crippen molar-refractivity contribution < 1.29 is 10.0 Å². The summed E-state index contributed by atoms with van der Waals surface area (Å²) in [4.78, 5) is 12.4. The van der Waals surface area contributed by atoms with Crippen LogP contribution in [0.25, 0.3) is 0 Å². The standard InChI is InChI=1S/C11H15N3O3/c15-11-2-1-10(14(16)17)7-9(11)8-13-5-3-12-4-6-13/h1-2,7,12,15H,3-6,8H2. The number of nitro groups is 1. The van der Waals surface area contributed by atoms with Crippen molar-refractivity contribution in [3.8, 4) is 5.75 Å². The molecule has 0 amide bonds. The van der Waals surface area contributed by atoms with Crippen molar-refractivity contribution in [3.05, 3.63) is 33.9 Å². The van der Waals surface area contributed by atoms with Gasteiger partial charge < -0.3 is 10.4 Å². The fraction of sp³-hybridized carbons (Fsp3) is 0.455. The molecule has 1 saturated heterocycles. The lowest BCUT2D eigenvalue weighted by molar-refractivity contribution is -0.385. The number of nitrogens with one attached hydrogen (secondary N) is 1. The topological polar surface area (TPSA) is 78.6 Å². The van der Waals surface area contributed by atoms with Crippen LogP contribution in [0.4, 0.5) is 5.69 Å². The molecule has 0 atom stereocenters. The zero-order valence-electron chi connectivity index (χ0n) is 9.43. The van der Waals surface area contributed by atoms with Gasteiger partial charge in [0.2, 0.25) is 0 Å². The Balaban J connectivity index is 2.13. The van der Waals surface area contributed by atoms with Crippen LogP contribution < -0.4 is 5.32 Å². The van der Waals surface area contributed by atoms with Gasteiger partial charge in [0.05, 0.1) is 4.92 Å². The minimum Gasteiger partial charge on any atom is -0.508 e. The van der Waals surface area contributed by atoms with Crippen LogP contribution in [0.5, 0.6) is 5.75 Å². The van der Waals surface area contributed by atoms with Crippen molar-refractivity contribution >= 4 is 5.69 Å². The fourth-order valence-corrected chi connectivity index (χ4v) is 1.92. The molecule has 0 spiro atoms.